The average molecular weight is 288 g/mol. The first kappa shape index (κ1) is 12.8. The molecular weight excluding hydrogens is 274 g/mol. The van der Waals surface area contributed by atoms with Crippen molar-refractivity contribution >= 4 is 27.6 Å². The average Bonchev–Trinajstić information content (AvgIpc) is 2.25. The standard InChI is InChI=1S/C11H14BrNO3/c1-3-9(11(14)15)13-7-4-5-10(16-2)8(12)6-7/h4-6,9,13H,3H2,1-2H3,(H,14,15). The highest BCUT2D eigenvalue weighted by Crippen LogP contribution is 2.28. The van der Waals surface area contributed by atoms with E-state index in [-0.39, 0.29) is 0 Å². The van der Waals surface area contributed by atoms with Crippen LogP contribution in [-0.4, -0.2) is 24.2 Å². The van der Waals surface area contributed by atoms with Gasteiger partial charge in [-0.2, -0.15) is 0 Å². The first-order chi connectivity index (χ1) is 7.58. The molecule has 88 valence electrons. The fourth-order valence-electron chi connectivity index (χ4n) is 1.30. The Hall–Kier alpha value is -1.23. The van der Waals surface area contributed by atoms with E-state index in [9.17, 15) is 4.79 Å². The van der Waals surface area contributed by atoms with Crippen molar-refractivity contribution in [2.24, 2.45) is 0 Å². The number of anilines is 1. The Morgan fingerprint density at radius 1 is 1.62 bits per heavy atom. The molecule has 0 saturated carbocycles. The predicted molar refractivity (Wildman–Crippen MR) is 66.0 cm³/mol. The summed E-state index contributed by atoms with van der Waals surface area (Å²) in [7, 11) is 1.58. The van der Waals surface area contributed by atoms with E-state index in [0.717, 1.165) is 10.2 Å². The number of hydrogen-bond donors (Lipinski definition) is 2. The van der Waals surface area contributed by atoms with Gasteiger partial charge in [0.2, 0.25) is 0 Å². The lowest BCUT2D eigenvalue weighted by Gasteiger charge is -2.14. The van der Waals surface area contributed by atoms with E-state index < -0.39 is 12.0 Å². The third-order valence-corrected chi connectivity index (χ3v) is 2.82. The van der Waals surface area contributed by atoms with Crippen LogP contribution in [0.5, 0.6) is 5.75 Å². The zero-order valence-electron chi connectivity index (χ0n) is 9.16. The third-order valence-electron chi connectivity index (χ3n) is 2.20. The Labute approximate surface area is 103 Å². The van der Waals surface area contributed by atoms with E-state index >= 15 is 0 Å². The summed E-state index contributed by atoms with van der Waals surface area (Å²) in [6.07, 6.45) is 0.527. The molecule has 0 spiro atoms. The van der Waals surface area contributed by atoms with Crippen molar-refractivity contribution in [3.63, 3.8) is 0 Å². The summed E-state index contributed by atoms with van der Waals surface area (Å²) in [5, 5.41) is 11.8. The molecule has 1 aromatic rings. The summed E-state index contributed by atoms with van der Waals surface area (Å²) in [5.74, 6) is -0.136. The van der Waals surface area contributed by atoms with Gasteiger partial charge in [-0.3, -0.25) is 0 Å². The first-order valence-corrected chi connectivity index (χ1v) is 5.70. The number of nitrogens with one attached hydrogen (secondary N) is 1. The highest BCUT2D eigenvalue weighted by molar-refractivity contribution is 9.10. The van der Waals surface area contributed by atoms with Crippen LogP contribution in [0, 0.1) is 0 Å². The van der Waals surface area contributed by atoms with Gasteiger partial charge < -0.3 is 15.2 Å². The molecule has 0 bridgehead atoms. The Morgan fingerprint density at radius 3 is 2.75 bits per heavy atom. The summed E-state index contributed by atoms with van der Waals surface area (Å²) in [6, 6.07) is 4.79. The van der Waals surface area contributed by atoms with Gasteiger partial charge in [-0.15, -0.1) is 0 Å². The second-order valence-corrected chi connectivity index (χ2v) is 4.15. The minimum Gasteiger partial charge on any atom is -0.496 e. The zero-order valence-corrected chi connectivity index (χ0v) is 10.7. The Kier molecular flexibility index (Phi) is 4.61. The molecule has 0 fully saturated rings. The van der Waals surface area contributed by atoms with Crippen molar-refractivity contribution in [1.82, 2.24) is 0 Å². The molecule has 1 rings (SSSR count). The van der Waals surface area contributed by atoms with Crippen LogP contribution in [0.15, 0.2) is 22.7 Å². The van der Waals surface area contributed by atoms with Crippen molar-refractivity contribution in [2.45, 2.75) is 19.4 Å². The van der Waals surface area contributed by atoms with E-state index in [2.05, 4.69) is 21.2 Å². The van der Waals surface area contributed by atoms with Gasteiger partial charge in [-0.05, 0) is 40.5 Å². The van der Waals surface area contributed by atoms with Crippen molar-refractivity contribution in [3.8, 4) is 5.75 Å². The van der Waals surface area contributed by atoms with Gasteiger partial charge in [0, 0.05) is 5.69 Å². The van der Waals surface area contributed by atoms with Crippen LogP contribution in [0.25, 0.3) is 0 Å². The van der Waals surface area contributed by atoms with Gasteiger partial charge in [0.15, 0.2) is 0 Å². The molecular formula is C11H14BrNO3. The number of carbonyl (C=O) groups is 1. The molecule has 0 radical (unpaired) electrons. The van der Waals surface area contributed by atoms with Crippen LogP contribution in [0.3, 0.4) is 0 Å². The number of rotatable bonds is 5. The van der Waals surface area contributed by atoms with Crippen LogP contribution >= 0.6 is 15.9 Å². The molecule has 0 aliphatic carbocycles. The van der Waals surface area contributed by atoms with Crippen LogP contribution in [0.4, 0.5) is 5.69 Å². The van der Waals surface area contributed by atoms with E-state index in [1.54, 1.807) is 25.3 Å². The number of ether oxygens (including phenoxy) is 1. The monoisotopic (exact) mass is 287 g/mol. The summed E-state index contributed by atoms with van der Waals surface area (Å²) in [4.78, 5) is 10.8. The second-order valence-electron chi connectivity index (χ2n) is 3.29. The van der Waals surface area contributed by atoms with Gasteiger partial charge >= 0.3 is 5.97 Å². The predicted octanol–water partition coefficient (Wildman–Crippen LogP) is 2.73. The van der Waals surface area contributed by atoms with Gasteiger partial charge in [-0.25, -0.2) is 4.79 Å². The molecule has 1 atom stereocenters. The van der Waals surface area contributed by atoms with E-state index in [0.29, 0.717) is 12.2 Å². The van der Waals surface area contributed by atoms with Crippen LogP contribution in [-0.2, 0) is 4.79 Å². The molecule has 0 aliphatic rings. The number of aliphatic carboxylic acids is 1. The maximum absolute atomic E-state index is 10.8. The van der Waals surface area contributed by atoms with Crippen molar-refractivity contribution in [1.29, 1.82) is 0 Å². The molecule has 0 amide bonds. The smallest absolute Gasteiger partial charge is 0.326 e. The molecule has 0 heterocycles. The molecule has 5 heteroatoms. The molecule has 2 N–H and O–H groups in total. The molecule has 0 saturated heterocycles. The number of carboxylic acid groups (broad SMARTS) is 1. The van der Waals surface area contributed by atoms with Crippen molar-refractivity contribution < 1.29 is 14.6 Å². The van der Waals surface area contributed by atoms with Gasteiger partial charge in [-0.1, -0.05) is 6.92 Å². The Balaban J connectivity index is 2.81. The lowest BCUT2D eigenvalue weighted by molar-refractivity contribution is -0.137. The molecule has 1 aromatic carbocycles. The van der Waals surface area contributed by atoms with E-state index in [4.69, 9.17) is 9.84 Å². The number of hydrogen-bond acceptors (Lipinski definition) is 3. The van der Waals surface area contributed by atoms with Gasteiger partial charge in [0.1, 0.15) is 11.8 Å². The first-order valence-electron chi connectivity index (χ1n) is 4.91. The lowest BCUT2D eigenvalue weighted by Crippen LogP contribution is -2.28. The maximum atomic E-state index is 10.8. The summed E-state index contributed by atoms with van der Waals surface area (Å²) >= 11 is 3.34. The topological polar surface area (TPSA) is 58.6 Å². The van der Waals surface area contributed by atoms with E-state index in [1.807, 2.05) is 6.92 Å². The molecule has 1 unspecified atom stereocenters. The quantitative estimate of drug-likeness (QED) is 0.874. The number of methoxy groups -OCH3 is 1. The minimum absolute atomic E-state index is 0.527. The van der Waals surface area contributed by atoms with Crippen molar-refractivity contribution in [3.05, 3.63) is 22.7 Å². The normalized spacial score (nSPS) is 11.9. The van der Waals surface area contributed by atoms with Gasteiger partial charge in [0.05, 0.1) is 11.6 Å². The maximum Gasteiger partial charge on any atom is 0.326 e. The van der Waals surface area contributed by atoms with Gasteiger partial charge in [0.25, 0.3) is 0 Å². The van der Waals surface area contributed by atoms with Crippen LogP contribution < -0.4 is 10.1 Å². The minimum atomic E-state index is -0.852. The molecule has 4 nitrogen and oxygen atoms in total. The molecule has 16 heavy (non-hydrogen) atoms. The zero-order chi connectivity index (χ0) is 12.1. The van der Waals surface area contributed by atoms with Crippen molar-refractivity contribution in [2.75, 3.05) is 12.4 Å². The SMILES string of the molecule is CCC(Nc1ccc(OC)c(Br)c1)C(=O)O. The molecule has 0 aromatic heterocycles. The van der Waals surface area contributed by atoms with E-state index in [1.165, 1.54) is 0 Å². The second kappa shape index (κ2) is 5.75. The van der Waals surface area contributed by atoms with Crippen LogP contribution in [0.1, 0.15) is 13.3 Å². The largest absolute Gasteiger partial charge is 0.496 e. The summed E-state index contributed by atoms with van der Waals surface area (Å²) < 4.78 is 5.88. The summed E-state index contributed by atoms with van der Waals surface area (Å²) in [5.41, 5.74) is 0.752. The lowest BCUT2D eigenvalue weighted by atomic mass is 10.2. The highest BCUT2D eigenvalue weighted by Gasteiger charge is 2.14. The Morgan fingerprint density at radius 2 is 2.31 bits per heavy atom. The number of benzene rings is 1. The molecule has 0 aliphatic heterocycles. The fraction of sp³-hybridized carbons (Fsp3) is 0.364. The highest BCUT2D eigenvalue weighted by atomic mass is 79.9. The summed E-state index contributed by atoms with van der Waals surface area (Å²) in [6.45, 7) is 1.82. The number of carboxylic acids is 1. The fourth-order valence-corrected chi connectivity index (χ4v) is 1.84. The van der Waals surface area contributed by atoms with Crippen LogP contribution in [0.2, 0.25) is 0 Å². The number of halogens is 1. The third kappa shape index (κ3) is 3.13. The Bertz CT molecular complexity index is 381.